The molecule has 35 heavy (non-hydrogen) atoms. The summed E-state index contributed by atoms with van der Waals surface area (Å²) in [5.41, 5.74) is 1.11. The van der Waals surface area contributed by atoms with Crippen LogP contribution in [0.1, 0.15) is 39.2 Å². The van der Waals surface area contributed by atoms with Gasteiger partial charge in [-0.3, -0.25) is 13.9 Å². The van der Waals surface area contributed by atoms with Crippen LogP contribution >= 0.6 is 15.9 Å². The minimum absolute atomic E-state index is 0.0573. The predicted molar refractivity (Wildman–Crippen MR) is 142 cm³/mol. The number of hydrogen-bond acceptors (Lipinski definition) is 5. The number of nitrogens with zero attached hydrogens (tertiary/aromatic N) is 2. The Morgan fingerprint density at radius 1 is 1.09 bits per heavy atom. The van der Waals surface area contributed by atoms with Crippen LogP contribution < -0.4 is 14.4 Å². The van der Waals surface area contributed by atoms with Crippen molar-refractivity contribution >= 4 is 43.5 Å². The fourth-order valence-electron chi connectivity index (χ4n) is 3.58. The summed E-state index contributed by atoms with van der Waals surface area (Å²) in [6.07, 6.45) is 2.17. The lowest BCUT2D eigenvalue weighted by molar-refractivity contribution is -0.140. The molecule has 0 saturated heterocycles. The Labute approximate surface area is 216 Å². The number of nitrogens with one attached hydrogen (secondary N) is 1. The molecule has 2 aromatic carbocycles. The third kappa shape index (κ3) is 7.96. The lowest BCUT2D eigenvalue weighted by atomic mass is 10.1. The first-order valence-corrected chi connectivity index (χ1v) is 14.1. The zero-order valence-electron chi connectivity index (χ0n) is 20.8. The van der Waals surface area contributed by atoms with E-state index in [1.807, 2.05) is 26.8 Å². The maximum Gasteiger partial charge on any atom is 0.244 e. The largest absolute Gasteiger partial charge is 0.497 e. The van der Waals surface area contributed by atoms with Crippen LogP contribution in [-0.2, 0) is 26.2 Å². The highest BCUT2D eigenvalue weighted by molar-refractivity contribution is 9.10. The Morgan fingerprint density at radius 2 is 1.77 bits per heavy atom. The van der Waals surface area contributed by atoms with Crippen molar-refractivity contribution in [2.75, 3.05) is 24.2 Å². The van der Waals surface area contributed by atoms with Crippen molar-refractivity contribution in [1.29, 1.82) is 0 Å². The second-order valence-electron chi connectivity index (χ2n) is 8.34. The van der Waals surface area contributed by atoms with Gasteiger partial charge < -0.3 is 15.0 Å². The number of rotatable bonds is 12. The van der Waals surface area contributed by atoms with Crippen LogP contribution in [0.2, 0.25) is 0 Å². The molecule has 0 aromatic heterocycles. The summed E-state index contributed by atoms with van der Waals surface area (Å²) in [4.78, 5) is 28.3. The maximum atomic E-state index is 13.7. The smallest absolute Gasteiger partial charge is 0.244 e. The summed E-state index contributed by atoms with van der Waals surface area (Å²) in [5.74, 6) is -0.136. The molecule has 0 aliphatic carbocycles. The van der Waals surface area contributed by atoms with Gasteiger partial charge in [0.15, 0.2) is 0 Å². The fourth-order valence-corrected chi connectivity index (χ4v) is 5.05. The van der Waals surface area contributed by atoms with Crippen LogP contribution in [-0.4, -0.2) is 57.1 Å². The molecular weight excluding hydrogens is 534 g/mol. The number of ether oxygens (including phenoxy) is 1. The molecule has 1 N–H and O–H groups in total. The second kappa shape index (κ2) is 12.9. The third-order valence-corrected chi connectivity index (χ3v) is 7.47. The highest BCUT2D eigenvalue weighted by Gasteiger charge is 2.32. The van der Waals surface area contributed by atoms with Gasteiger partial charge in [-0.15, -0.1) is 0 Å². The van der Waals surface area contributed by atoms with Crippen molar-refractivity contribution in [2.45, 2.75) is 52.2 Å². The summed E-state index contributed by atoms with van der Waals surface area (Å²) in [7, 11) is -2.24. The Morgan fingerprint density at radius 3 is 2.34 bits per heavy atom. The monoisotopic (exact) mass is 567 g/mol. The van der Waals surface area contributed by atoms with Crippen LogP contribution in [0, 0.1) is 0 Å². The average molecular weight is 569 g/mol. The number of para-hydroxylation sites is 1. The highest BCUT2D eigenvalue weighted by Crippen LogP contribution is 2.28. The van der Waals surface area contributed by atoms with Gasteiger partial charge in [0.1, 0.15) is 18.3 Å². The van der Waals surface area contributed by atoms with E-state index in [4.69, 9.17) is 4.74 Å². The zero-order valence-corrected chi connectivity index (χ0v) is 23.2. The van der Waals surface area contributed by atoms with Gasteiger partial charge in [0.25, 0.3) is 0 Å². The zero-order chi connectivity index (χ0) is 26.2. The second-order valence-corrected chi connectivity index (χ2v) is 11.1. The molecule has 0 unspecified atom stereocenters. The lowest BCUT2D eigenvalue weighted by Crippen LogP contribution is -2.53. The molecular formula is C25H34BrN3O5S. The number of carbonyl (C=O) groups is 2. The normalized spacial score (nSPS) is 13.0. The Balaban J connectivity index is 2.47. The Bertz CT molecular complexity index is 1130. The van der Waals surface area contributed by atoms with E-state index >= 15 is 0 Å². The Kier molecular flexibility index (Phi) is 10.6. The van der Waals surface area contributed by atoms with Gasteiger partial charge in [0, 0.05) is 17.1 Å². The number of hydrogen-bond donors (Lipinski definition) is 1. The number of benzene rings is 2. The fraction of sp³-hybridized carbons (Fsp3) is 0.440. The molecule has 8 nitrogen and oxygen atoms in total. The molecule has 10 heteroatoms. The van der Waals surface area contributed by atoms with Gasteiger partial charge in [-0.05, 0) is 65.5 Å². The molecule has 0 aliphatic heterocycles. The van der Waals surface area contributed by atoms with E-state index in [-0.39, 0.29) is 18.5 Å². The number of amides is 2. The average Bonchev–Trinajstić information content (AvgIpc) is 2.82. The minimum atomic E-state index is -3.79. The summed E-state index contributed by atoms with van der Waals surface area (Å²) in [5, 5.41) is 2.95. The molecule has 0 spiro atoms. The van der Waals surface area contributed by atoms with Gasteiger partial charge in [-0.25, -0.2) is 8.42 Å². The Hall–Kier alpha value is -2.59. The van der Waals surface area contributed by atoms with Crippen LogP contribution in [0.4, 0.5) is 5.69 Å². The van der Waals surface area contributed by atoms with E-state index in [0.717, 1.165) is 22.5 Å². The minimum Gasteiger partial charge on any atom is -0.497 e. The first-order chi connectivity index (χ1) is 16.5. The molecule has 2 amide bonds. The molecule has 0 bridgehead atoms. The van der Waals surface area contributed by atoms with Gasteiger partial charge >= 0.3 is 0 Å². The molecule has 0 radical (unpaired) electrons. The molecule has 0 saturated carbocycles. The molecule has 2 aromatic rings. The number of carbonyl (C=O) groups excluding carboxylic acids is 2. The number of sulfonamides is 1. The summed E-state index contributed by atoms with van der Waals surface area (Å²) in [6, 6.07) is 13.2. The highest BCUT2D eigenvalue weighted by atomic mass is 79.9. The molecule has 2 atom stereocenters. The van der Waals surface area contributed by atoms with E-state index in [0.29, 0.717) is 22.3 Å². The van der Waals surface area contributed by atoms with E-state index < -0.39 is 28.5 Å². The number of anilines is 1. The standard InChI is InChI=1S/C25H34BrN3O5S/c1-6-18(3)27-25(31)22(7-2)28(16-19-11-10-12-20(15-19)34-4)24(30)17-29(35(5,32)33)23-14-9-8-13-21(23)26/h8-15,18,22H,6-7,16-17H2,1-5H3,(H,27,31)/t18-,22-/m1/s1. The first-order valence-electron chi connectivity index (χ1n) is 11.5. The molecule has 0 aliphatic rings. The van der Waals surface area contributed by atoms with Crippen LogP contribution in [0.5, 0.6) is 5.75 Å². The van der Waals surface area contributed by atoms with Gasteiger partial charge in [0.2, 0.25) is 21.8 Å². The van der Waals surface area contributed by atoms with Crippen molar-refractivity contribution in [3.8, 4) is 5.75 Å². The molecule has 2 rings (SSSR count). The maximum absolute atomic E-state index is 13.7. The van der Waals surface area contributed by atoms with Crippen molar-refractivity contribution in [2.24, 2.45) is 0 Å². The summed E-state index contributed by atoms with van der Waals surface area (Å²) in [6.45, 7) is 5.37. The van der Waals surface area contributed by atoms with Crippen LogP contribution in [0.15, 0.2) is 53.0 Å². The third-order valence-electron chi connectivity index (χ3n) is 5.67. The SMILES string of the molecule is CC[C@@H](C)NC(=O)[C@@H](CC)N(Cc1cccc(OC)c1)C(=O)CN(c1ccccc1Br)S(C)(=O)=O. The van der Waals surface area contributed by atoms with Crippen molar-refractivity contribution in [1.82, 2.24) is 10.2 Å². The van der Waals surface area contributed by atoms with E-state index in [9.17, 15) is 18.0 Å². The van der Waals surface area contributed by atoms with Gasteiger partial charge in [0.05, 0.1) is 19.1 Å². The molecule has 192 valence electrons. The van der Waals surface area contributed by atoms with Crippen LogP contribution in [0.25, 0.3) is 0 Å². The predicted octanol–water partition coefficient (Wildman–Crippen LogP) is 3.95. The van der Waals surface area contributed by atoms with Crippen molar-refractivity contribution in [3.63, 3.8) is 0 Å². The topological polar surface area (TPSA) is 96.0 Å². The molecule has 0 heterocycles. The van der Waals surface area contributed by atoms with Crippen LogP contribution in [0.3, 0.4) is 0 Å². The van der Waals surface area contributed by atoms with Crippen molar-refractivity contribution in [3.05, 3.63) is 58.6 Å². The number of methoxy groups -OCH3 is 1. The van der Waals surface area contributed by atoms with Gasteiger partial charge in [-0.2, -0.15) is 0 Å². The number of halogens is 1. The van der Waals surface area contributed by atoms with E-state index in [1.165, 1.54) is 4.90 Å². The quantitative estimate of drug-likeness (QED) is 0.419. The summed E-state index contributed by atoms with van der Waals surface area (Å²) >= 11 is 3.38. The van der Waals surface area contributed by atoms with Crippen molar-refractivity contribution < 1.29 is 22.7 Å². The first kappa shape index (κ1) is 28.6. The van der Waals surface area contributed by atoms with E-state index in [1.54, 1.807) is 49.6 Å². The lowest BCUT2D eigenvalue weighted by Gasteiger charge is -2.33. The van der Waals surface area contributed by atoms with E-state index in [2.05, 4.69) is 21.2 Å². The molecule has 0 fully saturated rings. The van der Waals surface area contributed by atoms with Gasteiger partial charge in [-0.1, -0.05) is 38.1 Å². The summed E-state index contributed by atoms with van der Waals surface area (Å²) < 4.78 is 32.3.